The predicted molar refractivity (Wildman–Crippen MR) is 168 cm³/mol. The quantitative estimate of drug-likeness (QED) is 0.268. The normalized spacial score (nSPS) is 14.9. The van der Waals surface area contributed by atoms with Crippen molar-refractivity contribution < 1.29 is 28.7 Å². The van der Waals surface area contributed by atoms with E-state index in [9.17, 15) is 19.5 Å². The minimum Gasteiger partial charge on any atom is -0.445 e. The minimum atomic E-state index is -2.50. The van der Waals surface area contributed by atoms with Gasteiger partial charge in [0, 0.05) is 20.5 Å². The average molecular weight is 598 g/mol. The molecule has 3 amide bonds. The van der Waals surface area contributed by atoms with E-state index in [0.29, 0.717) is 0 Å². The molecule has 0 fully saturated rings. The lowest BCUT2D eigenvalue weighted by molar-refractivity contribution is -0.130. The van der Waals surface area contributed by atoms with Gasteiger partial charge in [0.25, 0.3) is 0 Å². The molecule has 3 atom stereocenters. The van der Waals surface area contributed by atoms with Crippen molar-refractivity contribution in [2.24, 2.45) is 0 Å². The summed E-state index contributed by atoms with van der Waals surface area (Å²) < 4.78 is 12.3. The number of urea groups is 1. The number of benzene rings is 2. The molecule has 0 radical (unpaired) electrons. The first-order valence-electron chi connectivity index (χ1n) is 14.2. The SMILES string of the molecule is C[C@H](O[Si](C)(C)C(C)(C)C)[C@@](NC(=O)N(C)C)(C(=O)CCO)[C@@H](/C=C/c1ccccc1)NC(=O)OCc1ccccc1. The molecule has 0 aliphatic heterocycles. The molecule has 3 N–H and O–H groups in total. The van der Waals surface area contributed by atoms with Gasteiger partial charge in [-0.05, 0) is 36.2 Å². The van der Waals surface area contributed by atoms with Crippen LogP contribution < -0.4 is 10.6 Å². The Hall–Kier alpha value is -3.47. The summed E-state index contributed by atoms with van der Waals surface area (Å²) >= 11 is 0. The number of hydrogen-bond acceptors (Lipinski definition) is 6. The Balaban J connectivity index is 2.68. The number of carbonyl (C=O) groups excluding carboxylic acids is 3. The van der Waals surface area contributed by atoms with Gasteiger partial charge in [-0.2, -0.15) is 0 Å². The van der Waals surface area contributed by atoms with E-state index in [-0.39, 0.29) is 18.1 Å². The highest BCUT2D eigenvalue weighted by molar-refractivity contribution is 6.74. The first-order chi connectivity index (χ1) is 19.6. The second-order valence-electron chi connectivity index (χ2n) is 12.1. The molecule has 2 rings (SSSR count). The molecule has 0 saturated heterocycles. The molecule has 230 valence electrons. The van der Waals surface area contributed by atoms with Crippen LogP contribution in [0.4, 0.5) is 9.59 Å². The Labute approximate surface area is 251 Å². The summed E-state index contributed by atoms with van der Waals surface area (Å²) in [6.45, 7) is 11.6. The van der Waals surface area contributed by atoms with Crippen LogP contribution in [0.15, 0.2) is 66.7 Å². The standard InChI is InChI=1S/C32H47N3O6Si/c1-24(41-42(7,8)31(2,3)4)32(28(37)21-22-36,34-29(38)35(5)6)27(20-19-25-15-11-9-12-16-25)33-30(39)40-23-26-17-13-10-14-18-26/h9-20,24,27,36H,21-23H2,1-8H3,(H,33,39)(H,34,38)/b20-19+/t24-,27+,32-/m0/s1. The van der Waals surface area contributed by atoms with Crippen molar-refractivity contribution in [2.45, 2.75) is 76.5 Å². The maximum Gasteiger partial charge on any atom is 0.408 e. The number of rotatable bonds is 13. The first kappa shape index (κ1) is 34.7. The highest BCUT2D eigenvalue weighted by Crippen LogP contribution is 2.39. The van der Waals surface area contributed by atoms with Crippen LogP contribution >= 0.6 is 0 Å². The van der Waals surface area contributed by atoms with Crippen molar-refractivity contribution in [1.29, 1.82) is 0 Å². The van der Waals surface area contributed by atoms with Gasteiger partial charge in [0.15, 0.2) is 14.1 Å². The number of ether oxygens (including phenoxy) is 1. The third-order valence-corrected chi connectivity index (χ3v) is 12.3. The van der Waals surface area contributed by atoms with Crippen LogP contribution in [0.2, 0.25) is 18.1 Å². The van der Waals surface area contributed by atoms with Crippen molar-refractivity contribution in [2.75, 3.05) is 20.7 Å². The molecule has 2 aromatic carbocycles. The maximum absolute atomic E-state index is 14.1. The van der Waals surface area contributed by atoms with Crippen molar-refractivity contribution in [3.63, 3.8) is 0 Å². The number of nitrogens with zero attached hydrogens (tertiary/aromatic N) is 1. The molecule has 0 heterocycles. The number of aliphatic hydroxyl groups excluding tert-OH is 1. The van der Waals surface area contributed by atoms with Crippen LogP contribution in [0.1, 0.15) is 45.2 Å². The fraction of sp³-hybridized carbons (Fsp3) is 0.469. The third kappa shape index (κ3) is 9.27. The Bertz CT molecular complexity index is 1200. The molecular weight excluding hydrogens is 550 g/mol. The molecular formula is C32H47N3O6Si. The molecule has 0 bridgehead atoms. The number of amides is 3. The van der Waals surface area contributed by atoms with Gasteiger partial charge in [-0.25, -0.2) is 9.59 Å². The highest BCUT2D eigenvalue weighted by atomic mass is 28.4. The lowest BCUT2D eigenvalue weighted by atomic mass is 9.79. The molecule has 2 aromatic rings. The number of ketones is 1. The van der Waals surface area contributed by atoms with Crippen molar-refractivity contribution in [1.82, 2.24) is 15.5 Å². The van der Waals surface area contributed by atoms with E-state index in [2.05, 4.69) is 44.5 Å². The van der Waals surface area contributed by atoms with E-state index in [1.54, 1.807) is 33.2 Å². The lowest BCUT2D eigenvalue weighted by Crippen LogP contribution is -2.73. The van der Waals surface area contributed by atoms with E-state index in [0.717, 1.165) is 11.1 Å². The second kappa shape index (κ2) is 15.1. The summed E-state index contributed by atoms with van der Waals surface area (Å²) in [4.78, 5) is 42.0. The predicted octanol–water partition coefficient (Wildman–Crippen LogP) is 5.37. The topological polar surface area (TPSA) is 117 Å². The Morgan fingerprint density at radius 2 is 1.57 bits per heavy atom. The summed E-state index contributed by atoms with van der Waals surface area (Å²) in [6.07, 6.45) is 1.48. The molecule has 0 aromatic heterocycles. The molecule has 10 heteroatoms. The summed E-state index contributed by atoms with van der Waals surface area (Å²) in [7, 11) is 0.619. The second-order valence-corrected chi connectivity index (χ2v) is 16.8. The Morgan fingerprint density at radius 3 is 2.10 bits per heavy atom. The number of nitrogens with one attached hydrogen (secondary N) is 2. The van der Waals surface area contributed by atoms with Gasteiger partial charge in [-0.3, -0.25) is 4.79 Å². The molecule has 0 saturated carbocycles. The van der Waals surface area contributed by atoms with E-state index in [4.69, 9.17) is 9.16 Å². The van der Waals surface area contributed by atoms with Gasteiger partial charge < -0.3 is 29.8 Å². The molecule has 42 heavy (non-hydrogen) atoms. The monoisotopic (exact) mass is 597 g/mol. The fourth-order valence-corrected chi connectivity index (χ4v) is 5.61. The van der Waals surface area contributed by atoms with Gasteiger partial charge in [0.2, 0.25) is 0 Å². The van der Waals surface area contributed by atoms with Gasteiger partial charge in [-0.15, -0.1) is 0 Å². The Morgan fingerprint density at radius 1 is 1.00 bits per heavy atom. The molecule has 0 unspecified atom stereocenters. The zero-order valence-electron chi connectivity index (χ0n) is 26.1. The third-order valence-electron chi connectivity index (χ3n) is 7.70. The molecule has 9 nitrogen and oxygen atoms in total. The van der Waals surface area contributed by atoms with Crippen molar-refractivity contribution in [3.8, 4) is 0 Å². The van der Waals surface area contributed by atoms with Gasteiger partial charge in [-0.1, -0.05) is 93.6 Å². The maximum atomic E-state index is 14.1. The minimum absolute atomic E-state index is 0.0134. The molecule has 0 aliphatic carbocycles. The van der Waals surface area contributed by atoms with E-state index in [1.807, 2.05) is 60.7 Å². The first-order valence-corrected chi connectivity index (χ1v) is 17.1. The Kier molecular flexibility index (Phi) is 12.5. The fourth-order valence-electron chi connectivity index (χ4n) is 4.19. The highest BCUT2D eigenvalue weighted by Gasteiger charge is 2.54. The summed E-state index contributed by atoms with van der Waals surface area (Å²) in [5, 5.41) is 15.4. The van der Waals surface area contributed by atoms with Crippen LogP contribution in [-0.4, -0.2) is 74.6 Å². The van der Waals surface area contributed by atoms with Gasteiger partial charge in [0.1, 0.15) is 12.1 Å². The summed E-state index contributed by atoms with van der Waals surface area (Å²) in [5.74, 6) is -0.488. The van der Waals surface area contributed by atoms with E-state index in [1.165, 1.54) is 4.90 Å². The lowest BCUT2D eigenvalue weighted by Gasteiger charge is -2.48. The number of alkyl carbamates (subject to hydrolysis) is 1. The largest absolute Gasteiger partial charge is 0.445 e. The number of Topliss-reactive ketones (excluding diaryl/α,β-unsaturated/α-hetero) is 1. The van der Waals surface area contributed by atoms with Crippen LogP contribution in [0, 0.1) is 0 Å². The van der Waals surface area contributed by atoms with Crippen molar-refractivity contribution in [3.05, 3.63) is 77.9 Å². The molecule has 0 aliphatic rings. The van der Waals surface area contributed by atoms with Gasteiger partial charge in [0.05, 0.1) is 18.8 Å². The summed E-state index contributed by atoms with van der Waals surface area (Å²) in [5.41, 5.74) is -0.180. The van der Waals surface area contributed by atoms with Crippen LogP contribution in [0.25, 0.3) is 6.08 Å². The summed E-state index contributed by atoms with van der Waals surface area (Å²) in [6, 6.07) is 17.0. The van der Waals surface area contributed by atoms with Crippen LogP contribution in [0.3, 0.4) is 0 Å². The average Bonchev–Trinajstić information content (AvgIpc) is 2.93. The zero-order valence-corrected chi connectivity index (χ0v) is 27.1. The molecule has 0 spiro atoms. The number of hydrogen-bond donors (Lipinski definition) is 3. The number of aliphatic hydroxyl groups is 1. The van der Waals surface area contributed by atoms with E-state index >= 15 is 0 Å². The smallest absolute Gasteiger partial charge is 0.408 e. The zero-order chi connectivity index (χ0) is 31.6. The van der Waals surface area contributed by atoms with Gasteiger partial charge >= 0.3 is 12.1 Å². The van der Waals surface area contributed by atoms with Crippen LogP contribution in [-0.2, 0) is 20.6 Å². The van der Waals surface area contributed by atoms with Crippen LogP contribution in [0.5, 0.6) is 0 Å². The van der Waals surface area contributed by atoms with Crippen molar-refractivity contribution >= 4 is 32.3 Å². The number of carbonyl (C=O) groups is 3. The van der Waals surface area contributed by atoms with E-state index < -0.39 is 50.5 Å².